The Labute approximate surface area is 113 Å². The zero-order chi connectivity index (χ0) is 13.7. The van der Waals surface area contributed by atoms with Crippen LogP contribution >= 0.6 is 0 Å². The van der Waals surface area contributed by atoms with E-state index in [0.717, 1.165) is 37.8 Å². The molecular weight excluding hydrogens is 244 g/mol. The number of aliphatic carboxylic acids is 1. The van der Waals surface area contributed by atoms with E-state index in [1.54, 1.807) is 19.4 Å². The van der Waals surface area contributed by atoms with Crippen LogP contribution < -0.4 is 10.1 Å². The standard InChI is InChI=1S/C14H20N2O3/c1-19-12-9-11(5-8-15-12)16-10-14(13(17)18)6-3-2-4-7-14/h5,8-9H,2-4,6-7,10H2,1H3,(H,15,16)(H,17,18). The van der Waals surface area contributed by atoms with Crippen molar-refractivity contribution in [2.24, 2.45) is 5.41 Å². The molecule has 2 rings (SSSR count). The predicted octanol–water partition coefficient (Wildman–Crippen LogP) is 2.54. The highest BCUT2D eigenvalue weighted by atomic mass is 16.5. The molecule has 0 aromatic carbocycles. The van der Waals surface area contributed by atoms with Crippen molar-refractivity contribution in [1.82, 2.24) is 4.98 Å². The first-order valence-corrected chi connectivity index (χ1v) is 6.64. The van der Waals surface area contributed by atoms with Gasteiger partial charge < -0.3 is 15.2 Å². The van der Waals surface area contributed by atoms with Gasteiger partial charge in [-0.15, -0.1) is 0 Å². The molecule has 1 heterocycles. The number of rotatable bonds is 5. The number of carbonyl (C=O) groups is 1. The van der Waals surface area contributed by atoms with E-state index in [9.17, 15) is 9.90 Å². The summed E-state index contributed by atoms with van der Waals surface area (Å²) < 4.78 is 5.05. The van der Waals surface area contributed by atoms with Gasteiger partial charge in [0.15, 0.2) is 0 Å². The number of anilines is 1. The van der Waals surface area contributed by atoms with Crippen LogP contribution in [0.1, 0.15) is 32.1 Å². The Kier molecular flexibility index (Phi) is 4.24. The molecule has 5 heteroatoms. The summed E-state index contributed by atoms with van der Waals surface area (Å²) >= 11 is 0. The highest BCUT2D eigenvalue weighted by Crippen LogP contribution is 2.36. The van der Waals surface area contributed by atoms with Gasteiger partial charge in [0, 0.05) is 24.5 Å². The second kappa shape index (κ2) is 5.91. The normalized spacial score (nSPS) is 17.7. The molecule has 1 aromatic heterocycles. The number of hydrogen-bond acceptors (Lipinski definition) is 4. The minimum Gasteiger partial charge on any atom is -0.481 e. The fourth-order valence-corrected chi connectivity index (χ4v) is 2.60. The van der Waals surface area contributed by atoms with Crippen LogP contribution in [-0.2, 0) is 4.79 Å². The van der Waals surface area contributed by atoms with Crippen molar-refractivity contribution < 1.29 is 14.6 Å². The highest BCUT2D eigenvalue weighted by molar-refractivity contribution is 5.75. The number of nitrogens with zero attached hydrogens (tertiary/aromatic N) is 1. The van der Waals surface area contributed by atoms with Gasteiger partial charge in [0.1, 0.15) is 0 Å². The zero-order valence-corrected chi connectivity index (χ0v) is 11.2. The average molecular weight is 264 g/mol. The molecule has 5 nitrogen and oxygen atoms in total. The first-order chi connectivity index (χ1) is 9.16. The number of aromatic nitrogens is 1. The van der Waals surface area contributed by atoms with Gasteiger partial charge in [-0.25, -0.2) is 4.98 Å². The average Bonchev–Trinajstić information content (AvgIpc) is 2.46. The minimum absolute atomic E-state index is 0.454. The summed E-state index contributed by atoms with van der Waals surface area (Å²) in [6.45, 7) is 0.454. The van der Waals surface area contributed by atoms with Gasteiger partial charge in [-0.1, -0.05) is 19.3 Å². The molecule has 1 aliphatic carbocycles. The Morgan fingerprint density at radius 2 is 2.21 bits per heavy atom. The van der Waals surface area contributed by atoms with Crippen LogP contribution in [0.25, 0.3) is 0 Å². The molecule has 1 fully saturated rings. The monoisotopic (exact) mass is 264 g/mol. The van der Waals surface area contributed by atoms with Crippen molar-refractivity contribution in [3.05, 3.63) is 18.3 Å². The van der Waals surface area contributed by atoms with Gasteiger partial charge in [-0.2, -0.15) is 0 Å². The predicted molar refractivity (Wildman–Crippen MR) is 72.4 cm³/mol. The number of nitrogens with one attached hydrogen (secondary N) is 1. The Bertz CT molecular complexity index is 442. The maximum absolute atomic E-state index is 11.5. The van der Waals surface area contributed by atoms with Crippen LogP contribution in [0.4, 0.5) is 5.69 Å². The molecule has 0 bridgehead atoms. The third-order valence-electron chi connectivity index (χ3n) is 3.84. The van der Waals surface area contributed by atoms with E-state index in [0.29, 0.717) is 12.4 Å². The van der Waals surface area contributed by atoms with Crippen LogP contribution in [0.3, 0.4) is 0 Å². The maximum Gasteiger partial charge on any atom is 0.311 e. The highest BCUT2D eigenvalue weighted by Gasteiger charge is 2.39. The van der Waals surface area contributed by atoms with Crippen LogP contribution in [-0.4, -0.2) is 29.7 Å². The maximum atomic E-state index is 11.5. The van der Waals surface area contributed by atoms with Gasteiger partial charge in [-0.3, -0.25) is 4.79 Å². The van der Waals surface area contributed by atoms with Crippen molar-refractivity contribution in [3.63, 3.8) is 0 Å². The van der Waals surface area contributed by atoms with E-state index in [1.165, 1.54) is 0 Å². The molecule has 0 amide bonds. The summed E-state index contributed by atoms with van der Waals surface area (Å²) in [5.74, 6) is -0.168. The minimum atomic E-state index is -0.694. The van der Waals surface area contributed by atoms with Gasteiger partial charge in [-0.05, 0) is 18.9 Å². The first kappa shape index (κ1) is 13.6. The molecule has 2 N–H and O–H groups in total. The number of hydrogen-bond donors (Lipinski definition) is 2. The molecule has 0 aliphatic heterocycles. The van der Waals surface area contributed by atoms with Crippen molar-refractivity contribution in [2.75, 3.05) is 19.0 Å². The van der Waals surface area contributed by atoms with Crippen molar-refractivity contribution in [2.45, 2.75) is 32.1 Å². The number of methoxy groups -OCH3 is 1. The fourth-order valence-electron chi connectivity index (χ4n) is 2.60. The molecule has 1 aliphatic rings. The molecular formula is C14H20N2O3. The molecule has 0 atom stereocenters. The Hall–Kier alpha value is -1.78. The number of pyridine rings is 1. The number of carboxylic acids is 1. The SMILES string of the molecule is COc1cc(NCC2(C(=O)O)CCCCC2)ccn1. The summed E-state index contributed by atoms with van der Waals surface area (Å²) in [4.78, 5) is 15.6. The van der Waals surface area contributed by atoms with Crippen molar-refractivity contribution >= 4 is 11.7 Å². The Morgan fingerprint density at radius 1 is 1.47 bits per heavy atom. The first-order valence-electron chi connectivity index (χ1n) is 6.64. The van der Waals surface area contributed by atoms with Crippen LogP contribution in [0, 0.1) is 5.41 Å². The topological polar surface area (TPSA) is 71.5 Å². The van der Waals surface area contributed by atoms with E-state index < -0.39 is 11.4 Å². The van der Waals surface area contributed by atoms with Crippen LogP contribution in [0.2, 0.25) is 0 Å². The lowest BCUT2D eigenvalue weighted by atomic mass is 9.74. The van der Waals surface area contributed by atoms with Crippen molar-refractivity contribution in [1.29, 1.82) is 0 Å². The summed E-state index contributed by atoms with van der Waals surface area (Å²) in [7, 11) is 1.56. The summed E-state index contributed by atoms with van der Waals surface area (Å²) in [5, 5.41) is 12.7. The van der Waals surface area contributed by atoms with Crippen LogP contribution in [0.15, 0.2) is 18.3 Å². The molecule has 0 radical (unpaired) electrons. The second-order valence-corrected chi connectivity index (χ2v) is 5.09. The summed E-state index contributed by atoms with van der Waals surface area (Å²) in [6, 6.07) is 3.60. The van der Waals surface area contributed by atoms with E-state index in [1.807, 2.05) is 6.07 Å². The number of ether oxygens (including phenoxy) is 1. The third kappa shape index (κ3) is 3.16. The van der Waals surface area contributed by atoms with Gasteiger partial charge in [0.2, 0.25) is 5.88 Å². The van der Waals surface area contributed by atoms with Crippen molar-refractivity contribution in [3.8, 4) is 5.88 Å². The van der Waals surface area contributed by atoms with E-state index in [-0.39, 0.29) is 0 Å². The smallest absolute Gasteiger partial charge is 0.311 e. The summed E-state index contributed by atoms with van der Waals surface area (Å²) in [5.41, 5.74) is 0.215. The Morgan fingerprint density at radius 3 is 2.84 bits per heavy atom. The van der Waals surface area contributed by atoms with Gasteiger partial charge >= 0.3 is 5.97 Å². The molecule has 104 valence electrons. The van der Waals surface area contributed by atoms with Gasteiger partial charge in [0.25, 0.3) is 0 Å². The lowest BCUT2D eigenvalue weighted by molar-refractivity contribution is -0.150. The second-order valence-electron chi connectivity index (χ2n) is 5.09. The molecule has 1 aromatic rings. The molecule has 0 saturated heterocycles. The molecule has 1 saturated carbocycles. The summed E-state index contributed by atoms with van der Waals surface area (Å²) in [6.07, 6.45) is 6.27. The largest absolute Gasteiger partial charge is 0.481 e. The zero-order valence-electron chi connectivity index (χ0n) is 11.2. The van der Waals surface area contributed by atoms with E-state index in [4.69, 9.17) is 4.74 Å². The third-order valence-corrected chi connectivity index (χ3v) is 3.84. The van der Waals surface area contributed by atoms with E-state index >= 15 is 0 Å². The van der Waals surface area contributed by atoms with Crippen LogP contribution in [0.5, 0.6) is 5.88 Å². The molecule has 0 unspecified atom stereocenters. The molecule has 0 spiro atoms. The fraction of sp³-hybridized carbons (Fsp3) is 0.571. The molecule has 19 heavy (non-hydrogen) atoms. The Balaban J connectivity index is 2.04. The van der Waals surface area contributed by atoms with Gasteiger partial charge in [0.05, 0.1) is 12.5 Å². The quantitative estimate of drug-likeness (QED) is 0.855. The lowest BCUT2D eigenvalue weighted by Gasteiger charge is -2.33. The lowest BCUT2D eigenvalue weighted by Crippen LogP contribution is -2.39. The van der Waals surface area contributed by atoms with E-state index in [2.05, 4.69) is 10.3 Å². The number of carboxylic acid groups (broad SMARTS) is 1.